The average molecular weight is 411 g/mol. The van der Waals surface area contributed by atoms with Crippen LogP contribution in [-0.4, -0.2) is 25.7 Å². The van der Waals surface area contributed by atoms with Gasteiger partial charge in [-0.05, 0) is 68.5 Å². The molecule has 0 bridgehead atoms. The normalized spacial score (nSPS) is 14.2. The number of H-pyrrole nitrogens is 1. The lowest BCUT2D eigenvalue weighted by Crippen LogP contribution is -2.31. The quantitative estimate of drug-likeness (QED) is 0.658. The van der Waals surface area contributed by atoms with Crippen LogP contribution in [0.25, 0.3) is 10.9 Å². The first-order valence-corrected chi connectivity index (χ1v) is 11.6. The molecule has 2 aromatic carbocycles. The highest BCUT2D eigenvalue weighted by Gasteiger charge is 2.29. The Balaban J connectivity index is 1.91. The lowest BCUT2D eigenvalue weighted by Gasteiger charge is -2.24. The van der Waals surface area contributed by atoms with Crippen LogP contribution in [0.3, 0.4) is 0 Å². The molecule has 0 saturated carbocycles. The summed E-state index contributed by atoms with van der Waals surface area (Å²) in [7, 11) is -3.74. The van der Waals surface area contributed by atoms with Gasteiger partial charge < -0.3 is 4.98 Å². The molecule has 0 spiro atoms. The summed E-state index contributed by atoms with van der Waals surface area (Å²) >= 11 is 0. The van der Waals surface area contributed by atoms with Crippen LogP contribution in [0.2, 0.25) is 0 Å². The first-order chi connectivity index (χ1) is 13.9. The lowest BCUT2D eigenvalue weighted by atomic mass is 9.94. The molecule has 0 fully saturated rings. The Kier molecular flexibility index (Phi) is 4.99. The van der Waals surface area contributed by atoms with Gasteiger partial charge in [0.05, 0.1) is 10.6 Å². The Bertz CT molecular complexity index is 1210. The Hall–Kier alpha value is -2.60. The fourth-order valence-corrected chi connectivity index (χ4v) is 6.06. The van der Waals surface area contributed by atoms with Gasteiger partial charge in [-0.2, -0.15) is 0 Å². The number of aromatic nitrogens is 1. The van der Waals surface area contributed by atoms with Gasteiger partial charge in [-0.25, -0.2) is 8.42 Å². The molecule has 0 radical (unpaired) electrons. The molecule has 1 aliphatic rings. The number of nitrogens with zero attached hydrogens (tertiary/aromatic N) is 1. The van der Waals surface area contributed by atoms with Crippen LogP contribution in [0.15, 0.2) is 41.3 Å². The van der Waals surface area contributed by atoms with Crippen molar-refractivity contribution in [2.75, 3.05) is 10.8 Å². The Morgan fingerprint density at radius 2 is 1.90 bits per heavy atom. The summed E-state index contributed by atoms with van der Waals surface area (Å²) in [5.41, 5.74) is 4.81. The van der Waals surface area contributed by atoms with E-state index in [4.69, 9.17) is 0 Å². The number of aryl methyl sites for hydroxylation is 3. The van der Waals surface area contributed by atoms with Crippen LogP contribution in [0, 0.1) is 6.92 Å². The number of carbonyl (C=O) groups is 1. The molecular formula is C23H26N2O3S. The summed E-state index contributed by atoms with van der Waals surface area (Å²) in [4.78, 5) is 16.1. The highest BCUT2D eigenvalue weighted by atomic mass is 32.2. The van der Waals surface area contributed by atoms with Gasteiger partial charge in [0.25, 0.3) is 10.0 Å². The third kappa shape index (κ3) is 3.25. The van der Waals surface area contributed by atoms with E-state index in [1.165, 1.54) is 4.31 Å². The summed E-state index contributed by atoms with van der Waals surface area (Å²) in [6.45, 7) is 6.08. The van der Waals surface area contributed by atoms with Crippen molar-refractivity contribution < 1.29 is 13.2 Å². The highest BCUT2D eigenvalue weighted by molar-refractivity contribution is 7.92. The number of anilines is 1. The van der Waals surface area contributed by atoms with Crippen molar-refractivity contribution in [2.24, 2.45) is 0 Å². The second-order valence-electron chi connectivity index (χ2n) is 7.62. The van der Waals surface area contributed by atoms with E-state index < -0.39 is 10.0 Å². The van der Waals surface area contributed by atoms with Crippen molar-refractivity contribution in [2.45, 2.75) is 51.3 Å². The van der Waals surface area contributed by atoms with E-state index in [1.807, 2.05) is 51.1 Å². The van der Waals surface area contributed by atoms with Gasteiger partial charge in [-0.1, -0.05) is 19.1 Å². The van der Waals surface area contributed by atoms with E-state index in [1.54, 1.807) is 6.07 Å². The number of fused-ring (bicyclic) bond motifs is 3. The maximum atomic E-state index is 13.7. The molecule has 1 heterocycles. The maximum absolute atomic E-state index is 13.7. The zero-order chi connectivity index (χ0) is 20.8. The molecule has 0 atom stereocenters. The largest absolute Gasteiger partial charge is 0.358 e. The molecule has 3 aromatic rings. The van der Waals surface area contributed by atoms with Crippen LogP contribution < -0.4 is 4.31 Å². The van der Waals surface area contributed by atoms with E-state index in [2.05, 4.69) is 4.98 Å². The van der Waals surface area contributed by atoms with E-state index in [0.717, 1.165) is 46.1 Å². The number of benzene rings is 2. The maximum Gasteiger partial charge on any atom is 0.264 e. The summed E-state index contributed by atoms with van der Waals surface area (Å²) in [6, 6.07) is 11.1. The van der Waals surface area contributed by atoms with Crippen molar-refractivity contribution in [3.63, 3.8) is 0 Å². The molecule has 1 aromatic heterocycles. The Morgan fingerprint density at radius 3 is 2.59 bits per heavy atom. The molecule has 0 amide bonds. The predicted octanol–water partition coefficient (Wildman–Crippen LogP) is 4.77. The van der Waals surface area contributed by atoms with Crippen LogP contribution in [0.5, 0.6) is 0 Å². The Labute approximate surface area is 171 Å². The minimum atomic E-state index is -3.74. The summed E-state index contributed by atoms with van der Waals surface area (Å²) in [5, 5.41) is 0.846. The number of rotatable bonds is 5. The van der Waals surface area contributed by atoms with Gasteiger partial charge >= 0.3 is 0 Å². The molecule has 6 heteroatoms. The molecule has 4 rings (SSSR count). The minimum absolute atomic E-state index is 0.144. The fraction of sp³-hybridized carbons (Fsp3) is 0.348. The molecule has 0 saturated heterocycles. The number of aromatic amines is 1. The third-order valence-corrected chi connectivity index (χ3v) is 7.68. The summed E-state index contributed by atoms with van der Waals surface area (Å²) in [6.07, 6.45) is 2.79. The first kappa shape index (κ1) is 19.7. The van der Waals surface area contributed by atoms with E-state index in [9.17, 15) is 13.2 Å². The number of ketones is 1. The standard InChI is InChI=1S/C23H26N2O3S/c1-4-16-13-18-20(24-19-10-7-11-21(26)23(18)19)14-22(16)29(27,28)25(5-2)17-9-6-8-15(3)12-17/h6,8-9,12-14,24H,4-5,7,10-11H2,1-3H3. The van der Waals surface area contributed by atoms with Gasteiger partial charge in [-0.15, -0.1) is 0 Å². The topological polar surface area (TPSA) is 70.2 Å². The van der Waals surface area contributed by atoms with Crippen LogP contribution in [-0.2, 0) is 22.9 Å². The zero-order valence-electron chi connectivity index (χ0n) is 17.1. The molecule has 1 N–H and O–H groups in total. The summed E-state index contributed by atoms with van der Waals surface area (Å²) in [5.74, 6) is 0.144. The Morgan fingerprint density at radius 1 is 1.10 bits per heavy atom. The number of hydrogen-bond acceptors (Lipinski definition) is 3. The molecule has 0 unspecified atom stereocenters. The second kappa shape index (κ2) is 7.34. The molecule has 0 aliphatic heterocycles. The number of carbonyl (C=O) groups excluding carboxylic acids is 1. The highest BCUT2D eigenvalue weighted by Crippen LogP contribution is 2.34. The molecule has 152 valence electrons. The zero-order valence-corrected chi connectivity index (χ0v) is 17.9. The van der Waals surface area contributed by atoms with Gasteiger partial charge in [0.15, 0.2) is 5.78 Å². The average Bonchev–Trinajstić information content (AvgIpc) is 3.06. The molecular weight excluding hydrogens is 384 g/mol. The van der Waals surface area contributed by atoms with Crippen molar-refractivity contribution in [1.29, 1.82) is 0 Å². The number of Topliss-reactive ketones (excluding diaryl/α,β-unsaturated/α-hetero) is 1. The van der Waals surface area contributed by atoms with Crippen molar-refractivity contribution >= 4 is 32.4 Å². The number of nitrogens with one attached hydrogen (secondary N) is 1. The van der Waals surface area contributed by atoms with Crippen molar-refractivity contribution in [3.8, 4) is 0 Å². The molecule has 1 aliphatic carbocycles. The van der Waals surface area contributed by atoms with E-state index in [0.29, 0.717) is 30.0 Å². The smallest absolute Gasteiger partial charge is 0.264 e. The number of hydrogen-bond donors (Lipinski definition) is 1. The van der Waals surface area contributed by atoms with Gasteiger partial charge in [0.1, 0.15) is 0 Å². The van der Waals surface area contributed by atoms with Crippen LogP contribution in [0.4, 0.5) is 5.69 Å². The van der Waals surface area contributed by atoms with Crippen LogP contribution in [0.1, 0.15) is 53.9 Å². The third-order valence-electron chi connectivity index (χ3n) is 5.69. The van der Waals surface area contributed by atoms with Crippen molar-refractivity contribution in [1.82, 2.24) is 4.98 Å². The van der Waals surface area contributed by atoms with Gasteiger partial charge in [-0.3, -0.25) is 9.10 Å². The SMILES string of the molecule is CCc1cc2c3c([nH]c2cc1S(=O)(=O)N(CC)c1cccc(C)c1)CCCC3=O. The van der Waals surface area contributed by atoms with Crippen molar-refractivity contribution in [3.05, 3.63) is 58.8 Å². The monoisotopic (exact) mass is 410 g/mol. The predicted molar refractivity (Wildman–Crippen MR) is 116 cm³/mol. The molecule has 29 heavy (non-hydrogen) atoms. The van der Waals surface area contributed by atoms with Gasteiger partial charge in [0, 0.05) is 35.1 Å². The van der Waals surface area contributed by atoms with E-state index in [-0.39, 0.29) is 5.78 Å². The first-order valence-electron chi connectivity index (χ1n) is 10.2. The minimum Gasteiger partial charge on any atom is -0.358 e. The van der Waals surface area contributed by atoms with E-state index >= 15 is 0 Å². The fourth-order valence-electron chi connectivity index (χ4n) is 4.29. The number of sulfonamides is 1. The summed E-state index contributed by atoms with van der Waals surface area (Å²) < 4.78 is 28.8. The van der Waals surface area contributed by atoms with Gasteiger partial charge in [0.2, 0.25) is 0 Å². The lowest BCUT2D eigenvalue weighted by molar-refractivity contribution is 0.0974. The second-order valence-corrected chi connectivity index (χ2v) is 9.45. The molecule has 5 nitrogen and oxygen atoms in total. The van der Waals surface area contributed by atoms with Crippen LogP contribution >= 0.6 is 0 Å².